The largest absolute Gasteiger partial charge is 0.383 e. The summed E-state index contributed by atoms with van der Waals surface area (Å²) < 4.78 is 1.65. The second kappa shape index (κ2) is 2.10. The summed E-state index contributed by atoms with van der Waals surface area (Å²) in [5.74, 6) is 0.906. The Morgan fingerprint density at radius 1 is 1.55 bits per heavy atom. The number of nitrogen functional groups attached to an aromatic ring is 1. The molecular formula is C6H5ClN4. The monoisotopic (exact) mass is 168 g/mol. The van der Waals surface area contributed by atoms with Crippen LogP contribution in [0, 0.1) is 0 Å². The third-order valence-electron chi connectivity index (χ3n) is 1.35. The Labute approximate surface area is 67.6 Å². The van der Waals surface area contributed by atoms with Gasteiger partial charge in [0.2, 0.25) is 5.78 Å². The average Bonchev–Trinajstić information content (AvgIpc) is 2.34. The van der Waals surface area contributed by atoms with Crippen LogP contribution in [0.15, 0.2) is 18.5 Å². The van der Waals surface area contributed by atoms with E-state index in [0.29, 0.717) is 16.7 Å². The molecule has 0 fully saturated rings. The van der Waals surface area contributed by atoms with Crippen LogP contribution in [0.4, 0.5) is 5.82 Å². The Morgan fingerprint density at radius 2 is 2.36 bits per heavy atom. The molecule has 0 atom stereocenters. The van der Waals surface area contributed by atoms with Crippen molar-refractivity contribution in [1.82, 2.24) is 14.4 Å². The van der Waals surface area contributed by atoms with Gasteiger partial charge < -0.3 is 5.73 Å². The van der Waals surface area contributed by atoms with E-state index in [0.717, 1.165) is 0 Å². The number of aromatic nitrogens is 3. The fourth-order valence-electron chi connectivity index (χ4n) is 0.884. The van der Waals surface area contributed by atoms with Gasteiger partial charge in [0.05, 0.1) is 0 Å². The van der Waals surface area contributed by atoms with Gasteiger partial charge >= 0.3 is 0 Å². The zero-order valence-electron chi connectivity index (χ0n) is 5.53. The van der Waals surface area contributed by atoms with Gasteiger partial charge in [0.25, 0.3) is 0 Å². The summed E-state index contributed by atoms with van der Waals surface area (Å²) >= 11 is 5.81. The summed E-state index contributed by atoms with van der Waals surface area (Å²) in [7, 11) is 0. The Morgan fingerprint density at radius 3 is 3.18 bits per heavy atom. The minimum atomic E-state index is 0.383. The number of nitrogens with two attached hydrogens (primary N) is 1. The van der Waals surface area contributed by atoms with Crippen molar-refractivity contribution in [1.29, 1.82) is 0 Å². The molecule has 0 spiro atoms. The molecule has 0 bridgehead atoms. The van der Waals surface area contributed by atoms with Crippen LogP contribution in [0.3, 0.4) is 0 Å². The lowest BCUT2D eigenvalue weighted by atomic mass is 10.6. The lowest BCUT2D eigenvalue weighted by Gasteiger charge is -1.96. The number of imidazole rings is 1. The Kier molecular flexibility index (Phi) is 1.22. The van der Waals surface area contributed by atoms with Gasteiger partial charge in [-0.05, 0) is 0 Å². The molecule has 0 saturated carbocycles. The maximum Gasteiger partial charge on any atom is 0.236 e. The van der Waals surface area contributed by atoms with Crippen LogP contribution in [0.5, 0.6) is 0 Å². The summed E-state index contributed by atoms with van der Waals surface area (Å²) in [6, 6.07) is 1.58. The first-order chi connectivity index (χ1) is 5.27. The first-order valence-corrected chi connectivity index (χ1v) is 3.40. The number of hydrogen-bond acceptors (Lipinski definition) is 3. The van der Waals surface area contributed by atoms with Crippen molar-refractivity contribution >= 4 is 23.2 Å². The van der Waals surface area contributed by atoms with Crippen molar-refractivity contribution < 1.29 is 0 Å². The first kappa shape index (κ1) is 6.42. The summed E-state index contributed by atoms with van der Waals surface area (Å²) in [4.78, 5) is 7.87. The van der Waals surface area contributed by atoms with Crippen LogP contribution in [0.25, 0.3) is 5.78 Å². The molecule has 0 aromatic carbocycles. The van der Waals surface area contributed by atoms with E-state index in [4.69, 9.17) is 17.3 Å². The lowest BCUT2D eigenvalue weighted by Crippen LogP contribution is -1.95. The van der Waals surface area contributed by atoms with Gasteiger partial charge in [0.1, 0.15) is 11.0 Å². The van der Waals surface area contributed by atoms with E-state index in [1.807, 2.05) is 0 Å². The van der Waals surface area contributed by atoms with Crippen molar-refractivity contribution in [2.24, 2.45) is 0 Å². The van der Waals surface area contributed by atoms with E-state index in [-0.39, 0.29) is 0 Å². The van der Waals surface area contributed by atoms with Gasteiger partial charge in [0, 0.05) is 18.5 Å². The molecule has 0 unspecified atom stereocenters. The minimum absolute atomic E-state index is 0.383. The van der Waals surface area contributed by atoms with Gasteiger partial charge in [-0.3, -0.25) is 4.40 Å². The number of rotatable bonds is 0. The predicted octanol–water partition coefficient (Wildman–Crippen LogP) is 0.965. The van der Waals surface area contributed by atoms with E-state index < -0.39 is 0 Å². The van der Waals surface area contributed by atoms with Crippen LogP contribution >= 0.6 is 11.6 Å². The average molecular weight is 169 g/mol. The molecule has 2 rings (SSSR count). The molecule has 0 saturated heterocycles. The van der Waals surface area contributed by atoms with E-state index in [1.165, 1.54) is 0 Å². The van der Waals surface area contributed by atoms with Gasteiger partial charge in [-0.2, -0.15) is 4.98 Å². The lowest BCUT2D eigenvalue weighted by molar-refractivity contribution is 1.12. The van der Waals surface area contributed by atoms with Crippen molar-refractivity contribution in [3.8, 4) is 0 Å². The highest BCUT2D eigenvalue weighted by Crippen LogP contribution is 2.12. The van der Waals surface area contributed by atoms with Gasteiger partial charge in [-0.25, -0.2) is 4.98 Å². The van der Waals surface area contributed by atoms with E-state index >= 15 is 0 Å². The Hall–Kier alpha value is -1.29. The smallest absolute Gasteiger partial charge is 0.236 e. The highest BCUT2D eigenvalue weighted by atomic mass is 35.5. The summed E-state index contributed by atoms with van der Waals surface area (Å²) in [6.07, 6.45) is 3.34. The summed E-state index contributed by atoms with van der Waals surface area (Å²) in [6.45, 7) is 0. The molecule has 11 heavy (non-hydrogen) atoms. The zero-order valence-corrected chi connectivity index (χ0v) is 6.28. The van der Waals surface area contributed by atoms with Crippen LogP contribution in [0.1, 0.15) is 0 Å². The second-order valence-electron chi connectivity index (χ2n) is 2.10. The molecule has 0 radical (unpaired) electrons. The summed E-state index contributed by atoms with van der Waals surface area (Å²) in [5.41, 5.74) is 5.44. The molecule has 4 nitrogen and oxygen atoms in total. The number of anilines is 1. The number of hydrogen-bond donors (Lipinski definition) is 1. The third-order valence-corrected chi connectivity index (χ3v) is 1.64. The third kappa shape index (κ3) is 0.914. The number of fused-ring (bicyclic) bond motifs is 1. The fourth-order valence-corrected chi connectivity index (χ4v) is 1.13. The van der Waals surface area contributed by atoms with Crippen molar-refractivity contribution in [2.45, 2.75) is 0 Å². The van der Waals surface area contributed by atoms with Gasteiger partial charge in [0.15, 0.2) is 0 Å². The maximum atomic E-state index is 5.81. The molecule has 0 aliphatic carbocycles. The molecule has 0 aliphatic heterocycles. The van der Waals surface area contributed by atoms with Gasteiger partial charge in [-0.1, -0.05) is 11.6 Å². The van der Waals surface area contributed by atoms with Crippen molar-refractivity contribution in [3.63, 3.8) is 0 Å². The highest BCUT2D eigenvalue weighted by Gasteiger charge is 2.00. The predicted molar refractivity (Wildman–Crippen MR) is 42.4 cm³/mol. The SMILES string of the molecule is Nc1cc(Cl)n2ccnc2n1. The van der Waals surface area contributed by atoms with Crippen LogP contribution in [-0.2, 0) is 0 Å². The fraction of sp³-hybridized carbons (Fsp3) is 0. The number of halogens is 1. The molecule has 5 heteroatoms. The molecule has 2 N–H and O–H groups in total. The van der Waals surface area contributed by atoms with Crippen LogP contribution in [-0.4, -0.2) is 14.4 Å². The van der Waals surface area contributed by atoms with E-state index in [2.05, 4.69) is 9.97 Å². The molecule has 0 aliphatic rings. The molecule has 2 aromatic rings. The van der Waals surface area contributed by atoms with Crippen LogP contribution < -0.4 is 5.73 Å². The van der Waals surface area contributed by atoms with E-state index in [9.17, 15) is 0 Å². The minimum Gasteiger partial charge on any atom is -0.383 e. The van der Waals surface area contributed by atoms with Crippen molar-refractivity contribution in [2.75, 3.05) is 5.73 Å². The number of nitrogens with zero attached hydrogens (tertiary/aromatic N) is 3. The normalized spacial score (nSPS) is 10.6. The molecule has 2 aromatic heterocycles. The van der Waals surface area contributed by atoms with E-state index in [1.54, 1.807) is 22.9 Å². The molecule has 56 valence electrons. The zero-order chi connectivity index (χ0) is 7.84. The summed E-state index contributed by atoms with van der Waals surface area (Å²) in [5, 5.41) is 0.519. The Bertz CT molecular complexity index is 394. The quantitative estimate of drug-likeness (QED) is 0.597. The second-order valence-corrected chi connectivity index (χ2v) is 2.49. The standard InChI is InChI=1S/C6H5ClN4/c7-4-3-5(8)10-6-9-1-2-11(4)6/h1-3H,(H2,8,9,10). The van der Waals surface area contributed by atoms with Crippen molar-refractivity contribution in [3.05, 3.63) is 23.6 Å². The first-order valence-electron chi connectivity index (χ1n) is 3.02. The van der Waals surface area contributed by atoms with Crippen LogP contribution in [0.2, 0.25) is 5.15 Å². The molecule has 0 amide bonds. The maximum absolute atomic E-state index is 5.81. The topological polar surface area (TPSA) is 56.2 Å². The van der Waals surface area contributed by atoms with Gasteiger partial charge in [-0.15, -0.1) is 0 Å². The molecular weight excluding hydrogens is 164 g/mol. The highest BCUT2D eigenvalue weighted by molar-refractivity contribution is 6.29. The molecule has 2 heterocycles. The Balaban J connectivity index is 2.91.